The highest BCUT2D eigenvalue weighted by Crippen LogP contribution is 2.21. The minimum absolute atomic E-state index is 0.305. The van der Waals surface area contributed by atoms with Crippen molar-refractivity contribution in [1.29, 1.82) is 0 Å². The Morgan fingerprint density at radius 3 is 2.29 bits per heavy atom. The monoisotopic (exact) mass is 343 g/mol. The molecular formula is C19H18ClNO3. The molecule has 0 N–H and O–H groups in total. The summed E-state index contributed by atoms with van der Waals surface area (Å²) >= 11 is 6.04. The van der Waals surface area contributed by atoms with Crippen molar-refractivity contribution in [2.24, 2.45) is 0 Å². The lowest BCUT2D eigenvalue weighted by Gasteiger charge is -2.20. The van der Waals surface area contributed by atoms with Gasteiger partial charge in [0.25, 0.3) is 5.91 Å². The fourth-order valence-corrected chi connectivity index (χ4v) is 2.25. The first-order valence-electron chi connectivity index (χ1n) is 7.38. The number of ether oxygens (including phenoxy) is 1. The molecule has 4 nitrogen and oxygen atoms in total. The van der Waals surface area contributed by atoms with Gasteiger partial charge >= 0.3 is 5.97 Å². The molecule has 2 rings (SSSR count). The lowest BCUT2D eigenvalue weighted by Crippen LogP contribution is -2.30. The van der Waals surface area contributed by atoms with Crippen molar-refractivity contribution >= 4 is 29.6 Å². The molecule has 0 unspecified atom stereocenters. The third-order valence-corrected chi connectivity index (χ3v) is 3.65. The van der Waals surface area contributed by atoms with Gasteiger partial charge in [0.15, 0.2) is 0 Å². The third kappa shape index (κ3) is 4.70. The van der Waals surface area contributed by atoms with Crippen molar-refractivity contribution in [2.75, 3.05) is 14.1 Å². The average Bonchev–Trinajstić information content (AvgIpc) is 2.59. The smallest absolute Gasteiger partial charge is 0.331 e. The zero-order valence-corrected chi connectivity index (χ0v) is 14.2. The normalized spacial score (nSPS) is 12.0. The van der Waals surface area contributed by atoms with E-state index in [1.807, 2.05) is 12.1 Å². The van der Waals surface area contributed by atoms with Crippen molar-refractivity contribution in [3.63, 3.8) is 0 Å². The maximum absolute atomic E-state index is 12.3. The molecule has 1 atom stereocenters. The van der Waals surface area contributed by atoms with Gasteiger partial charge in [-0.3, -0.25) is 4.79 Å². The molecule has 0 saturated heterocycles. The third-order valence-electron chi connectivity index (χ3n) is 3.31. The molecule has 0 aromatic heterocycles. The molecule has 5 heteroatoms. The highest BCUT2D eigenvalue weighted by atomic mass is 35.5. The summed E-state index contributed by atoms with van der Waals surface area (Å²) in [6, 6.07) is 16.0. The number of likely N-dealkylation sites (N-methyl/N-ethyl adjacent to an activating group) is 1. The summed E-state index contributed by atoms with van der Waals surface area (Å²) < 4.78 is 5.36. The van der Waals surface area contributed by atoms with Crippen LogP contribution in [0.25, 0.3) is 6.08 Å². The molecule has 0 fully saturated rings. The van der Waals surface area contributed by atoms with Crippen LogP contribution in [0.1, 0.15) is 17.2 Å². The van der Waals surface area contributed by atoms with E-state index in [9.17, 15) is 9.59 Å². The molecule has 0 radical (unpaired) electrons. The Morgan fingerprint density at radius 2 is 1.67 bits per heavy atom. The van der Waals surface area contributed by atoms with E-state index in [2.05, 4.69) is 0 Å². The van der Waals surface area contributed by atoms with Gasteiger partial charge in [-0.05, 0) is 17.7 Å². The van der Waals surface area contributed by atoms with Gasteiger partial charge in [-0.2, -0.15) is 0 Å². The molecule has 24 heavy (non-hydrogen) atoms. The Bertz CT molecular complexity index is 741. The van der Waals surface area contributed by atoms with E-state index in [1.54, 1.807) is 62.6 Å². The number of carbonyl (C=O) groups is 2. The topological polar surface area (TPSA) is 46.6 Å². The van der Waals surface area contributed by atoms with Crippen molar-refractivity contribution in [3.05, 3.63) is 76.8 Å². The van der Waals surface area contributed by atoms with Crippen LogP contribution in [-0.2, 0) is 14.3 Å². The summed E-state index contributed by atoms with van der Waals surface area (Å²) in [6.45, 7) is 0. The summed E-state index contributed by atoms with van der Waals surface area (Å²) in [6.07, 6.45) is 1.84. The standard InChI is InChI=1S/C19H18ClNO3/c1-21(2)19(23)18(15-9-4-3-5-10-15)24-17(22)13-12-14-8-6-7-11-16(14)20/h3-13,18H,1-2H3/b13-12+/t18-/m0/s1. The van der Waals surface area contributed by atoms with Gasteiger partial charge in [-0.15, -0.1) is 0 Å². The molecule has 2 aromatic carbocycles. The Balaban J connectivity index is 2.16. The first kappa shape index (κ1) is 17.8. The van der Waals surface area contributed by atoms with Crippen LogP contribution in [0, 0.1) is 0 Å². The number of amides is 1. The Kier molecular flexibility index (Phi) is 6.15. The van der Waals surface area contributed by atoms with E-state index >= 15 is 0 Å². The fraction of sp³-hybridized carbons (Fsp3) is 0.158. The predicted octanol–water partition coefficient (Wildman–Crippen LogP) is 3.73. The first-order chi connectivity index (χ1) is 11.5. The Hall–Kier alpha value is -2.59. The molecule has 0 saturated carbocycles. The van der Waals surface area contributed by atoms with E-state index in [0.717, 1.165) is 0 Å². The number of benzene rings is 2. The summed E-state index contributed by atoms with van der Waals surface area (Å²) in [5.41, 5.74) is 1.32. The highest BCUT2D eigenvalue weighted by Gasteiger charge is 2.25. The molecule has 0 aliphatic rings. The Morgan fingerprint density at radius 1 is 1.04 bits per heavy atom. The van der Waals surface area contributed by atoms with Gasteiger partial charge in [-0.25, -0.2) is 4.79 Å². The number of hydrogen-bond acceptors (Lipinski definition) is 3. The molecule has 124 valence electrons. The first-order valence-corrected chi connectivity index (χ1v) is 7.76. The van der Waals surface area contributed by atoms with Gasteiger partial charge in [-0.1, -0.05) is 60.1 Å². The minimum Gasteiger partial charge on any atom is -0.444 e. The number of carbonyl (C=O) groups excluding carboxylic acids is 2. The van der Waals surface area contributed by atoms with Crippen LogP contribution in [0.2, 0.25) is 5.02 Å². The van der Waals surface area contributed by atoms with Crippen molar-refractivity contribution in [3.8, 4) is 0 Å². The van der Waals surface area contributed by atoms with Gasteiger partial charge in [0, 0.05) is 30.8 Å². The molecule has 0 spiro atoms. The molecular weight excluding hydrogens is 326 g/mol. The minimum atomic E-state index is -0.982. The number of esters is 1. The SMILES string of the molecule is CN(C)C(=O)[C@@H](OC(=O)/C=C/c1ccccc1Cl)c1ccccc1. The van der Waals surface area contributed by atoms with Gasteiger partial charge in [0.1, 0.15) is 0 Å². The van der Waals surface area contributed by atoms with Crippen molar-refractivity contribution in [2.45, 2.75) is 6.10 Å². The molecule has 0 aliphatic carbocycles. The van der Waals surface area contributed by atoms with Crippen LogP contribution in [0.15, 0.2) is 60.7 Å². The zero-order valence-electron chi connectivity index (χ0n) is 13.5. The van der Waals surface area contributed by atoms with Gasteiger partial charge < -0.3 is 9.64 Å². The molecule has 0 aliphatic heterocycles. The molecule has 0 bridgehead atoms. The molecule has 1 amide bonds. The van der Waals surface area contributed by atoms with E-state index in [-0.39, 0.29) is 5.91 Å². The number of rotatable bonds is 5. The van der Waals surface area contributed by atoms with Crippen molar-refractivity contribution < 1.29 is 14.3 Å². The lowest BCUT2D eigenvalue weighted by atomic mass is 10.1. The number of nitrogens with zero attached hydrogens (tertiary/aromatic N) is 1. The van der Waals surface area contributed by atoms with Crippen LogP contribution in [0.4, 0.5) is 0 Å². The quantitative estimate of drug-likeness (QED) is 0.614. The van der Waals surface area contributed by atoms with Crippen molar-refractivity contribution in [1.82, 2.24) is 4.90 Å². The van der Waals surface area contributed by atoms with Crippen LogP contribution in [0.3, 0.4) is 0 Å². The van der Waals surface area contributed by atoms with E-state index in [4.69, 9.17) is 16.3 Å². The average molecular weight is 344 g/mol. The van der Waals surface area contributed by atoms with Crippen LogP contribution in [0.5, 0.6) is 0 Å². The summed E-state index contributed by atoms with van der Waals surface area (Å²) in [4.78, 5) is 25.8. The number of halogens is 1. The van der Waals surface area contributed by atoms with Gasteiger partial charge in [0.05, 0.1) is 0 Å². The fourth-order valence-electron chi connectivity index (χ4n) is 2.05. The zero-order chi connectivity index (χ0) is 17.5. The highest BCUT2D eigenvalue weighted by molar-refractivity contribution is 6.32. The largest absolute Gasteiger partial charge is 0.444 e. The maximum Gasteiger partial charge on any atom is 0.331 e. The maximum atomic E-state index is 12.3. The van der Waals surface area contributed by atoms with Crippen LogP contribution >= 0.6 is 11.6 Å². The Labute approximate surface area is 146 Å². The summed E-state index contributed by atoms with van der Waals surface area (Å²) in [7, 11) is 3.23. The second kappa shape index (κ2) is 8.31. The molecule has 2 aromatic rings. The lowest BCUT2D eigenvalue weighted by molar-refractivity contribution is -0.155. The number of hydrogen-bond donors (Lipinski definition) is 0. The second-order valence-corrected chi connectivity index (χ2v) is 5.72. The summed E-state index contributed by atoms with van der Waals surface area (Å²) in [5.74, 6) is -0.917. The van der Waals surface area contributed by atoms with Gasteiger partial charge in [0.2, 0.25) is 6.10 Å². The van der Waals surface area contributed by atoms with E-state index in [1.165, 1.54) is 11.0 Å². The second-order valence-electron chi connectivity index (χ2n) is 5.32. The van der Waals surface area contributed by atoms with Crippen LogP contribution < -0.4 is 0 Å². The van der Waals surface area contributed by atoms with Crippen LogP contribution in [-0.4, -0.2) is 30.9 Å². The van der Waals surface area contributed by atoms with E-state index < -0.39 is 12.1 Å². The molecule has 0 heterocycles. The summed E-state index contributed by atoms with van der Waals surface area (Å²) in [5, 5.41) is 0.533. The predicted molar refractivity (Wildman–Crippen MR) is 94.5 cm³/mol. The van der Waals surface area contributed by atoms with E-state index in [0.29, 0.717) is 16.1 Å².